The summed E-state index contributed by atoms with van der Waals surface area (Å²) in [7, 11) is 0. The van der Waals surface area contributed by atoms with Crippen LogP contribution in [0.25, 0.3) is 87.2 Å². The van der Waals surface area contributed by atoms with Crippen LogP contribution in [0.1, 0.15) is 22.3 Å². The lowest BCUT2D eigenvalue weighted by Crippen LogP contribution is -2.28. The molecule has 0 saturated heterocycles. The summed E-state index contributed by atoms with van der Waals surface area (Å²) in [5.41, 5.74) is 12.4. The molecule has 0 amide bonds. The summed E-state index contributed by atoms with van der Waals surface area (Å²) in [4.78, 5) is 0. The Bertz CT molecular complexity index is 3260. The molecule has 0 radical (unpaired) electrons. The molecular weight excluding hydrogens is 661 g/mol. The van der Waals surface area contributed by atoms with Gasteiger partial charge in [0.2, 0.25) is 0 Å². The Balaban J connectivity index is 1.18. The summed E-state index contributed by atoms with van der Waals surface area (Å²) >= 11 is 0. The van der Waals surface area contributed by atoms with E-state index in [4.69, 9.17) is 0 Å². The fourth-order valence-corrected chi connectivity index (χ4v) is 10.0. The van der Waals surface area contributed by atoms with E-state index >= 15 is 0 Å². The standard InChI is InChI=1S/C55H34/c1-3-15-44(16-4-1)55(45-17-5-2-6-18-45)50-33-41(40-21-19-35-11-7-9-13-38(35)31-40)25-29-48(50)54-49-30-24-37-23-27-46(42-22-20-36-12-8-10-14-39(36)32-42)47-28-26-43(34-51(54)55)53(49)52(37)47/h1-34H. The van der Waals surface area contributed by atoms with Crippen LogP contribution in [0.5, 0.6) is 0 Å². The average Bonchev–Trinajstić information content (AvgIpc) is 3.55. The molecule has 1 aliphatic carbocycles. The zero-order valence-corrected chi connectivity index (χ0v) is 30.1. The molecule has 0 unspecified atom stereocenters. The number of hydrogen-bond acceptors (Lipinski definition) is 0. The molecule has 0 nitrogen and oxygen atoms in total. The van der Waals surface area contributed by atoms with Gasteiger partial charge in [-0.3, -0.25) is 0 Å². The zero-order valence-electron chi connectivity index (χ0n) is 30.1. The van der Waals surface area contributed by atoms with Crippen LogP contribution in [0.2, 0.25) is 0 Å². The zero-order chi connectivity index (χ0) is 36.1. The Labute approximate surface area is 319 Å². The molecule has 12 rings (SSSR count). The van der Waals surface area contributed by atoms with Gasteiger partial charge in [0.25, 0.3) is 0 Å². The average molecular weight is 695 g/mol. The molecule has 0 heteroatoms. The van der Waals surface area contributed by atoms with Crippen LogP contribution in [0.15, 0.2) is 206 Å². The molecule has 254 valence electrons. The van der Waals surface area contributed by atoms with Gasteiger partial charge in [-0.05, 0) is 134 Å². The number of fused-ring (bicyclic) bond motifs is 6. The van der Waals surface area contributed by atoms with Crippen molar-refractivity contribution in [2.45, 2.75) is 5.41 Å². The molecule has 0 saturated carbocycles. The fraction of sp³-hybridized carbons (Fsp3) is 0.0182. The van der Waals surface area contributed by atoms with Gasteiger partial charge in [0, 0.05) is 0 Å². The van der Waals surface area contributed by atoms with Gasteiger partial charge >= 0.3 is 0 Å². The van der Waals surface area contributed by atoms with E-state index in [0.717, 1.165) is 0 Å². The van der Waals surface area contributed by atoms with Crippen LogP contribution in [0.3, 0.4) is 0 Å². The van der Waals surface area contributed by atoms with Crippen LogP contribution in [-0.2, 0) is 5.41 Å². The SMILES string of the molecule is c1ccc(C2(c3ccccc3)c3cc(-c4ccc5ccccc5c4)ccc3-c3c2cc2ccc4c(-c5ccc6ccccc6c5)ccc5ccc3c2c54)cc1. The van der Waals surface area contributed by atoms with E-state index in [1.54, 1.807) is 0 Å². The first kappa shape index (κ1) is 30.4. The normalized spacial score (nSPS) is 13.2. The Hall–Kier alpha value is -7.02. The Morgan fingerprint density at radius 1 is 0.273 bits per heavy atom. The molecule has 0 N–H and O–H groups in total. The summed E-state index contributed by atoms with van der Waals surface area (Å²) < 4.78 is 0. The van der Waals surface area contributed by atoms with Crippen molar-refractivity contribution < 1.29 is 0 Å². The second kappa shape index (κ2) is 11.5. The summed E-state index contributed by atoms with van der Waals surface area (Å²) in [6.45, 7) is 0. The van der Waals surface area contributed by atoms with Crippen LogP contribution in [-0.4, -0.2) is 0 Å². The van der Waals surface area contributed by atoms with Crippen molar-refractivity contribution in [1.29, 1.82) is 0 Å². The second-order valence-electron chi connectivity index (χ2n) is 15.2. The Kier molecular flexibility index (Phi) is 6.36. The maximum absolute atomic E-state index is 2.52. The second-order valence-corrected chi connectivity index (χ2v) is 15.2. The Morgan fingerprint density at radius 3 is 1.47 bits per heavy atom. The molecular formula is C55H34. The minimum atomic E-state index is -0.513. The van der Waals surface area contributed by atoms with Crippen molar-refractivity contribution >= 4 is 53.9 Å². The molecule has 0 heterocycles. The van der Waals surface area contributed by atoms with Gasteiger partial charge < -0.3 is 0 Å². The van der Waals surface area contributed by atoms with Crippen LogP contribution < -0.4 is 0 Å². The third kappa shape index (κ3) is 4.28. The van der Waals surface area contributed by atoms with Crippen LogP contribution in [0, 0.1) is 0 Å². The van der Waals surface area contributed by atoms with Gasteiger partial charge in [0.1, 0.15) is 0 Å². The summed E-state index contributed by atoms with van der Waals surface area (Å²) in [6, 6.07) is 77.3. The number of hydrogen-bond donors (Lipinski definition) is 0. The summed E-state index contributed by atoms with van der Waals surface area (Å²) in [5, 5.41) is 12.9. The fourth-order valence-electron chi connectivity index (χ4n) is 10.0. The topological polar surface area (TPSA) is 0 Å². The molecule has 11 aromatic carbocycles. The van der Waals surface area contributed by atoms with Crippen molar-refractivity contribution in [1.82, 2.24) is 0 Å². The predicted octanol–water partition coefficient (Wildman–Crippen LogP) is 14.6. The first-order valence-corrected chi connectivity index (χ1v) is 19.2. The van der Waals surface area contributed by atoms with E-state index in [1.807, 2.05) is 0 Å². The molecule has 11 aromatic rings. The number of benzene rings is 11. The van der Waals surface area contributed by atoms with E-state index in [2.05, 4.69) is 206 Å². The lowest BCUT2D eigenvalue weighted by atomic mass is 9.67. The smallest absolute Gasteiger partial charge is 0.0622 e. The van der Waals surface area contributed by atoms with E-state index < -0.39 is 5.41 Å². The lowest BCUT2D eigenvalue weighted by Gasteiger charge is -2.34. The van der Waals surface area contributed by atoms with Crippen molar-refractivity contribution in [2.75, 3.05) is 0 Å². The predicted molar refractivity (Wildman–Crippen MR) is 233 cm³/mol. The van der Waals surface area contributed by atoms with Crippen LogP contribution in [0.4, 0.5) is 0 Å². The highest BCUT2D eigenvalue weighted by Crippen LogP contribution is 2.60. The van der Waals surface area contributed by atoms with E-state index in [1.165, 1.54) is 109 Å². The minimum Gasteiger partial charge on any atom is -0.0622 e. The molecule has 0 aliphatic heterocycles. The molecule has 0 spiro atoms. The highest BCUT2D eigenvalue weighted by molar-refractivity contribution is 6.28. The molecule has 55 heavy (non-hydrogen) atoms. The third-order valence-electron chi connectivity index (χ3n) is 12.4. The maximum atomic E-state index is 2.52. The molecule has 0 fully saturated rings. The maximum Gasteiger partial charge on any atom is 0.0714 e. The largest absolute Gasteiger partial charge is 0.0714 e. The first-order chi connectivity index (χ1) is 27.3. The van der Waals surface area contributed by atoms with Crippen molar-refractivity contribution in [3.63, 3.8) is 0 Å². The van der Waals surface area contributed by atoms with Crippen molar-refractivity contribution in [3.8, 4) is 33.4 Å². The van der Waals surface area contributed by atoms with Gasteiger partial charge in [-0.2, -0.15) is 0 Å². The summed E-state index contributed by atoms with van der Waals surface area (Å²) in [5.74, 6) is 0. The van der Waals surface area contributed by atoms with Crippen molar-refractivity contribution in [2.24, 2.45) is 0 Å². The van der Waals surface area contributed by atoms with Gasteiger partial charge in [0.15, 0.2) is 0 Å². The summed E-state index contributed by atoms with van der Waals surface area (Å²) in [6.07, 6.45) is 0. The molecule has 0 atom stereocenters. The van der Waals surface area contributed by atoms with Gasteiger partial charge in [-0.15, -0.1) is 0 Å². The highest BCUT2D eigenvalue weighted by Gasteiger charge is 2.47. The molecule has 1 aliphatic rings. The van der Waals surface area contributed by atoms with Gasteiger partial charge in [0.05, 0.1) is 5.41 Å². The first-order valence-electron chi connectivity index (χ1n) is 19.2. The van der Waals surface area contributed by atoms with Crippen molar-refractivity contribution in [3.05, 3.63) is 229 Å². The van der Waals surface area contributed by atoms with E-state index in [0.29, 0.717) is 0 Å². The van der Waals surface area contributed by atoms with E-state index in [-0.39, 0.29) is 0 Å². The monoisotopic (exact) mass is 694 g/mol. The number of rotatable bonds is 4. The van der Waals surface area contributed by atoms with E-state index in [9.17, 15) is 0 Å². The van der Waals surface area contributed by atoms with Gasteiger partial charge in [-0.1, -0.05) is 182 Å². The third-order valence-corrected chi connectivity index (χ3v) is 12.4. The minimum absolute atomic E-state index is 0.513. The molecule has 0 aromatic heterocycles. The quantitative estimate of drug-likeness (QED) is 0.161. The van der Waals surface area contributed by atoms with Crippen LogP contribution >= 0.6 is 0 Å². The lowest BCUT2D eigenvalue weighted by molar-refractivity contribution is 0.770. The van der Waals surface area contributed by atoms with Gasteiger partial charge in [-0.25, -0.2) is 0 Å². The Morgan fingerprint density at radius 2 is 0.764 bits per heavy atom. The highest BCUT2D eigenvalue weighted by atomic mass is 14.5. The molecule has 0 bridgehead atoms.